The standard InChI is InChI=1S/C11H15N5O2S/c1-16(6-11-13-8-14-15-11)19(17,18)7-9-2-4-10(12)5-3-9/h2-5,8H,6-7,12H2,1H3,(H,13,14,15). The minimum absolute atomic E-state index is 0.0715. The van der Waals surface area contributed by atoms with E-state index in [1.807, 2.05) is 0 Å². The summed E-state index contributed by atoms with van der Waals surface area (Å²) in [4.78, 5) is 3.90. The summed E-state index contributed by atoms with van der Waals surface area (Å²) in [6.45, 7) is 0.164. The second kappa shape index (κ2) is 5.37. The molecule has 0 radical (unpaired) electrons. The highest BCUT2D eigenvalue weighted by atomic mass is 32.2. The fourth-order valence-corrected chi connectivity index (χ4v) is 2.70. The van der Waals surface area contributed by atoms with Gasteiger partial charge in [0.1, 0.15) is 12.2 Å². The second-order valence-electron chi connectivity index (χ2n) is 4.19. The molecule has 0 fully saturated rings. The van der Waals surface area contributed by atoms with E-state index >= 15 is 0 Å². The molecule has 2 rings (SSSR count). The molecule has 0 bridgehead atoms. The Balaban J connectivity index is 2.07. The Hall–Kier alpha value is -1.93. The molecule has 0 aliphatic carbocycles. The average Bonchev–Trinajstić information content (AvgIpc) is 2.84. The zero-order valence-electron chi connectivity index (χ0n) is 10.4. The van der Waals surface area contributed by atoms with Crippen LogP contribution in [0.4, 0.5) is 5.69 Å². The van der Waals surface area contributed by atoms with Crippen molar-refractivity contribution in [2.24, 2.45) is 0 Å². The fraction of sp³-hybridized carbons (Fsp3) is 0.273. The lowest BCUT2D eigenvalue weighted by Gasteiger charge is -2.15. The van der Waals surface area contributed by atoms with E-state index in [4.69, 9.17) is 5.73 Å². The van der Waals surface area contributed by atoms with Gasteiger partial charge in [0.25, 0.3) is 0 Å². The first kappa shape index (κ1) is 13.5. The quantitative estimate of drug-likeness (QED) is 0.769. The normalized spacial score (nSPS) is 11.9. The Labute approximate surface area is 111 Å². The van der Waals surface area contributed by atoms with Crippen LogP contribution in [-0.2, 0) is 22.3 Å². The Bertz CT molecular complexity index is 622. The van der Waals surface area contributed by atoms with Crippen LogP contribution in [-0.4, -0.2) is 35.0 Å². The van der Waals surface area contributed by atoms with Crippen molar-refractivity contribution in [1.29, 1.82) is 0 Å². The third kappa shape index (κ3) is 3.52. The average molecular weight is 281 g/mol. The van der Waals surface area contributed by atoms with Gasteiger partial charge >= 0.3 is 0 Å². The first-order chi connectivity index (χ1) is 8.97. The number of benzene rings is 1. The number of nitrogens with zero attached hydrogens (tertiary/aromatic N) is 3. The topological polar surface area (TPSA) is 105 Å². The van der Waals surface area contributed by atoms with Crippen molar-refractivity contribution in [2.75, 3.05) is 12.8 Å². The van der Waals surface area contributed by atoms with E-state index in [2.05, 4.69) is 15.2 Å². The van der Waals surface area contributed by atoms with E-state index < -0.39 is 10.0 Å². The van der Waals surface area contributed by atoms with Crippen molar-refractivity contribution in [3.8, 4) is 0 Å². The zero-order chi connectivity index (χ0) is 13.9. The van der Waals surface area contributed by atoms with Gasteiger partial charge in [-0.15, -0.1) is 0 Å². The van der Waals surface area contributed by atoms with Crippen molar-refractivity contribution in [3.05, 3.63) is 42.0 Å². The number of nitrogens with two attached hydrogens (primary N) is 1. The molecule has 0 saturated carbocycles. The summed E-state index contributed by atoms with van der Waals surface area (Å²) in [5.41, 5.74) is 6.86. The number of nitrogens with one attached hydrogen (secondary N) is 1. The molecule has 0 atom stereocenters. The van der Waals surface area contributed by atoms with Gasteiger partial charge in [0.05, 0.1) is 12.3 Å². The van der Waals surface area contributed by atoms with Gasteiger partial charge in [0.2, 0.25) is 10.0 Å². The Morgan fingerprint density at radius 2 is 2.00 bits per heavy atom. The highest BCUT2D eigenvalue weighted by molar-refractivity contribution is 7.88. The maximum absolute atomic E-state index is 12.1. The van der Waals surface area contributed by atoms with Crippen LogP contribution in [0.3, 0.4) is 0 Å². The van der Waals surface area contributed by atoms with Crippen LogP contribution in [0.5, 0.6) is 0 Å². The third-order valence-electron chi connectivity index (χ3n) is 2.64. The summed E-state index contributed by atoms with van der Waals surface area (Å²) in [5, 5.41) is 6.31. The molecular formula is C11H15N5O2S. The smallest absolute Gasteiger partial charge is 0.218 e. The lowest BCUT2D eigenvalue weighted by molar-refractivity contribution is 0.456. The molecule has 0 spiro atoms. The number of sulfonamides is 1. The van der Waals surface area contributed by atoms with Gasteiger partial charge in [-0.3, -0.25) is 5.10 Å². The molecule has 1 aromatic carbocycles. The largest absolute Gasteiger partial charge is 0.399 e. The number of hydrogen-bond acceptors (Lipinski definition) is 5. The molecule has 0 saturated heterocycles. The third-order valence-corrected chi connectivity index (χ3v) is 4.42. The molecular weight excluding hydrogens is 266 g/mol. The van der Waals surface area contributed by atoms with E-state index in [0.29, 0.717) is 17.1 Å². The molecule has 102 valence electrons. The van der Waals surface area contributed by atoms with Crippen LogP contribution in [0.2, 0.25) is 0 Å². The minimum atomic E-state index is -3.40. The number of anilines is 1. The van der Waals surface area contributed by atoms with E-state index in [1.165, 1.54) is 17.7 Å². The summed E-state index contributed by atoms with van der Waals surface area (Å²) >= 11 is 0. The van der Waals surface area contributed by atoms with E-state index in [1.54, 1.807) is 24.3 Å². The minimum Gasteiger partial charge on any atom is -0.399 e. The van der Waals surface area contributed by atoms with Crippen LogP contribution < -0.4 is 5.73 Å². The fourth-order valence-electron chi connectivity index (χ4n) is 1.55. The molecule has 0 aliphatic rings. The van der Waals surface area contributed by atoms with Crippen LogP contribution >= 0.6 is 0 Å². The van der Waals surface area contributed by atoms with Gasteiger partial charge < -0.3 is 5.73 Å². The Morgan fingerprint density at radius 1 is 1.32 bits per heavy atom. The molecule has 7 nitrogen and oxygen atoms in total. The summed E-state index contributed by atoms with van der Waals surface area (Å²) in [5.74, 6) is 0.432. The van der Waals surface area contributed by atoms with Crippen molar-refractivity contribution in [2.45, 2.75) is 12.3 Å². The molecule has 1 aromatic heterocycles. The summed E-state index contributed by atoms with van der Waals surface area (Å²) in [6, 6.07) is 6.77. The monoisotopic (exact) mass is 281 g/mol. The molecule has 0 aliphatic heterocycles. The maximum Gasteiger partial charge on any atom is 0.218 e. The van der Waals surface area contributed by atoms with Gasteiger partial charge in [-0.25, -0.2) is 13.4 Å². The molecule has 8 heteroatoms. The molecule has 19 heavy (non-hydrogen) atoms. The van der Waals surface area contributed by atoms with Crippen molar-refractivity contribution in [1.82, 2.24) is 19.5 Å². The zero-order valence-corrected chi connectivity index (χ0v) is 11.3. The van der Waals surface area contributed by atoms with Gasteiger partial charge in [0, 0.05) is 12.7 Å². The highest BCUT2D eigenvalue weighted by Crippen LogP contribution is 2.13. The van der Waals surface area contributed by atoms with Gasteiger partial charge in [-0.2, -0.15) is 9.40 Å². The van der Waals surface area contributed by atoms with Gasteiger partial charge in [-0.1, -0.05) is 12.1 Å². The second-order valence-corrected chi connectivity index (χ2v) is 6.26. The van der Waals surface area contributed by atoms with Gasteiger partial charge in [-0.05, 0) is 17.7 Å². The van der Waals surface area contributed by atoms with Crippen molar-refractivity contribution < 1.29 is 8.42 Å². The summed E-state index contributed by atoms with van der Waals surface area (Å²) in [7, 11) is -1.89. The lowest BCUT2D eigenvalue weighted by Crippen LogP contribution is -2.28. The van der Waals surface area contributed by atoms with Crippen LogP contribution in [0.15, 0.2) is 30.6 Å². The molecule has 0 amide bonds. The van der Waals surface area contributed by atoms with E-state index in [0.717, 1.165) is 0 Å². The molecule has 0 unspecified atom stereocenters. The van der Waals surface area contributed by atoms with E-state index in [9.17, 15) is 8.42 Å². The predicted molar refractivity (Wildman–Crippen MR) is 71.3 cm³/mol. The number of nitrogen functional groups attached to an aromatic ring is 1. The molecule has 1 heterocycles. The highest BCUT2D eigenvalue weighted by Gasteiger charge is 2.19. The molecule has 2 aromatic rings. The SMILES string of the molecule is CN(Cc1ncn[nH]1)S(=O)(=O)Cc1ccc(N)cc1. The number of hydrogen-bond donors (Lipinski definition) is 2. The predicted octanol–water partition coefficient (Wildman–Crippen LogP) is 0.349. The number of aromatic amines is 1. The van der Waals surface area contributed by atoms with Crippen molar-refractivity contribution in [3.63, 3.8) is 0 Å². The maximum atomic E-state index is 12.1. The molecule has 3 N–H and O–H groups in total. The van der Waals surface area contributed by atoms with Crippen molar-refractivity contribution >= 4 is 15.7 Å². The van der Waals surface area contributed by atoms with Crippen LogP contribution in [0.25, 0.3) is 0 Å². The van der Waals surface area contributed by atoms with Crippen LogP contribution in [0.1, 0.15) is 11.4 Å². The number of H-pyrrole nitrogens is 1. The number of aromatic nitrogens is 3. The van der Waals surface area contributed by atoms with Gasteiger partial charge in [0.15, 0.2) is 0 Å². The first-order valence-electron chi connectivity index (χ1n) is 5.60. The van der Waals surface area contributed by atoms with E-state index in [-0.39, 0.29) is 12.3 Å². The Morgan fingerprint density at radius 3 is 2.58 bits per heavy atom. The Kier molecular flexibility index (Phi) is 3.82. The first-order valence-corrected chi connectivity index (χ1v) is 7.21. The number of rotatable bonds is 5. The lowest BCUT2D eigenvalue weighted by atomic mass is 10.2. The van der Waals surface area contributed by atoms with Crippen LogP contribution in [0, 0.1) is 0 Å². The summed E-state index contributed by atoms with van der Waals surface area (Å²) < 4.78 is 25.5. The summed E-state index contributed by atoms with van der Waals surface area (Å²) in [6.07, 6.45) is 1.34.